The van der Waals surface area contributed by atoms with Crippen LogP contribution in [0.2, 0.25) is 0 Å². The Bertz CT molecular complexity index is 888. The number of fused-ring (bicyclic) bond motifs is 1. The zero-order valence-electron chi connectivity index (χ0n) is 15.2. The number of hydrogen-bond acceptors (Lipinski definition) is 3. The zero-order valence-corrected chi connectivity index (χ0v) is 15.2. The van der Waals surface area contributed by atoms with Gasteiger partial charge in [-0.1, -0.05) is 18.2 Å². The Morgan fingerprint density at radius 2 is 2.00 bits per heavy atom. The summed E-state index contributed by atoms with van der Waals surface area (Å²) >= 11 is 0. The third-order valence-corrected chi connectivity index (χ3v) is 5.22. The Kier molecular flexibility index (Phi) is 4.65. The van der Waals surface area contributed by atoms with Crippen LogP contribution in [0.1, 0.15) is 18.4 Å². The molecule has 0 atom stereocenters. The number of piperazine rings is 1. The maximum absolute atomic E-state index is 12.5. The standard InChI is InChI=1S/C20H25N5O/c1-23-10-9-21-20(23)25-13-11-24(12-14-25)19(26)8-4-5-16-15-22-18-7-3-2-6-17(16)18/h2-3,6-7,9-10,15,22H,4-5,8,11-14H2,1H3. The first-order chi connectivity index (χ1) is 12.7. The second-order valence-electron chi connectivity index (χ2n) is 6.92. The first-order valence-electron chi connectivity index (χ1n) is 9.27. The molecule has 1 aliphatic rings. The van der Waals surface area contributed by atoms with Crippen LogP contribution in [-0.2, 0) is 18.3 Å². The van der Waals surface area contributed by atoms with Crippen molar-refractivity contribution in [2.45, 2.75) is 19.3 Å². The summed E-state index contributed by atoms with van der Waals surface area (Å²) in [7, 11) is 2.00. The molecule has 4 rings (SSSR count). The van der Waals surface area contributed by atoms with Crippen molar-refractivity contribution in [3.63, 3.8) is 0 Å². The van der Waals surface area contributed by atoms with E-state index in [0.29, 0.717) is 6.42 Å². The highest BCUT2D eigenvalue weighted by molar-refractivity contribution is 5.83. The SMILES string of the molecule is Cn1ccnc1N1CCN(C(=O)CCCc2c[nH]c3ccccc23)CC1. The summed E-state index contributed by atoms with van der Waals surface area (Å²) in [6, 6.07) is 8.33. The van der Waals surface area contributed by atoms with Crippen LogP contribution in [0.3, 0.4) is 0 Å². The minimum absolute atomic E-state index is 0.268. The van der Waals surface area contributed by atoms with Crippen LogP contribution in [-0.4, -0.2) is 51.5 Å². The molecule has 0 aliphatic carbocycles. The van der Waals surface area contributed by atoms with E-state index in [0.717, 1.165) is 45.0 Å². The minimum Gasteiger partial charge on any atom is -0.361 e. The summed E-state index contributed by atoms with van der Waals surface area (Å²) in [6.45, 7) is 3.25. The van der Waals surface area contributed by atoms with Gasteiger partial charge in [0.1, 0.15) is 0 Å². The first kappa shape index (κ1) is 16.7. The summed E-state index contributed by atoms with van der Waals surface area (Å²) in [6.07, 6.45) is 8.28. The van der Waals surface area contributed by atoms with Gasteiger partial charge in [-0.3, -0.25) is 4.79 Å². The largest absolute Gasteiger partial charge is 0.361 e. The van der Waals surface area contributed by atoms with Crippen molar-refractivity contribution in [3.05, 3.63) is 48.4 Å². The molecule has 0 bridgehead atoms. The van der Waals surface area contributed by atoms with E-state index in [1.165, 1.54) is 16.5 Å². The Morgan fingerprint density at radius 1 is 1.19 bits per heavy atom. The molecule has 1 N–H and O–H groups in total. The number of H-pyrrole nitrogens is 1. The summed E-state index contributed by atoms with van der Waals surface area (Å²) < 4.78 is 2.03. The second-order valence-corrected chi connectivity index (χ2v) is 6.92. The van der Waals surface area contributed by atoms with Crippen molar-refractivity contribution in [2.75, 3.05) is 31.1 Å². The monoisotopic (exact) mass is 351 g/mol. The lowest BCUT2D eigenvalue weighted by atomic mass is 10.1. The average molecular weight is 351 g/mol. The molecule has 1 amide bonds. The van der Waals surface area contributed by atoms with Crippen LogP contribution in [0.4, 0.5) is 5.95 Å². The van der Waals surface area contributed by atoms with Gasteiger partial charge in [-0.15, -0.1) is 0 Å². The van der Waals surface area contributed by atoms with Gasteiger partial charge in [0.2, 0.25) is 11.9 Å². The molecule has 2 aromatic heterocycles. The molecule has 3 heterocycles. The second kappa shape index (κ2) is 7.23. The van der Waals surface area contributed by atoms with Crippen LogP contribution in [0.25, 0.3) is 10.9 Å². The van der Waals surface area contributed by atoms with E-state index >= 15 is 0 Å². The molecular weight excluding hydrogens is 326 g/mol. The Balaban J connectivity index is 1.26. The van der Waals surface area contributed by atoms with Crippen LogP contribution >= 0.6 is 0 Å². The summed E-state index contributed by atoms with van der Waals surface area (Å²) in [4.78, 5) is 24.5. The van der Waals surface area contributed by atoms with Gasteiger partial charge < -0.3 is 19.4 Å². The van der Waals surface area contributed by atoms with Crippen molar-refractivity contribution in [2.24, 2.45) is 7.05 Å². The van der Waals surface area contributed by atoms with Crippen molar-refractivity contribution in [1.29, 1.82) is 0 Å². The van der Waals surface area contributed by atoms with E-state index in [9.17, 15) is 4.79 Å². The van der Waals surface area contributed by atoms with E-state index in [1.807, 2.05) is 35.0 Å². The van der Waals surface area contributed by atoms with E-state index < -0.39 is 0 Å². The Hall–Kier alpha value is -2.76. The van der Waals surface area contributed by atoms with Gasteiger partial charge in [-0.2, -0.15) is 0 Å². The normalized spacial score (nSPS) is 15.0. The number of nitrogens with zero attached hydrogens (tertiary/aromatic N) is 4. The smallest absolute Gasteiger partial charge is 0.222 e. The van der Waals surface area contributed by atoms with Gasteiger partial charge in [-0.05, 0) is 24.5 Å². The number of amides is 1. The number of aromatic amines is 1. The lowest BCUT2D eigenvalue weighted by Crippen LogP contribution is -2.49. The predicted octanol–water partition coefficient (Wildman–Crippen LogP) is 2.57. The van der Waals surface area contributed by atoms with Crippen LogP contribution in [0.15, 0.2) is 42.9 Å². The van der Waals surface area contributed by atoms with Crippen molar-refractivity contribution < 1.29 is 4.79 Å². The number of carbonyl (C=O) groups is 1. The molecule has 26 heavy (non-hydrogen) atoms. The fraction of sp³-hybridized carbons (Fsp3) is 0.400. The third kappa shape index (κ3) is 3.31. The fourth-order valence-electron chi connectivity index (χ4n) is 3.74. The number of aryl methyl sites for hydroxylation is 2. The van der Waals surface area contributed by atoms with E-state index in [1.54, 1.807) is 0 Å². The van der Waals surface area contributed by atoms with Crippen LogP contribution < -0.4 is 4.90 Å². The maximum atomic E-state index is 12.5. The molecule has 0 saturated carbocycles. The minimum atomic E-state index is 0.268. The molecule has 6 heteroatoms. The van der Waals surface area contributed by atoms with Gasteiger partial charge in [0.15, 0.2) is 0 Å². The topological polar surface area (TPSA) is 57.2 Å². The lowest BCUT2D eigenvalue weighted by Gasteiger charge is -2.35. The fourth-order valence-corrected chi connectivity index (χ4v) is 3.74. The van der Waals surface area contributed by atoms with Gasteiger partial charge in [0.25, 0.3) is 0 Å². The highest BCUT2D eigenvalue weighted by atomic mass is 16.2. The van der Waals surface area contributed by atoms with E-state index in [4.69, 9.17) is 0 Å². The number of aromatic nitrogens is 3. The van der Waals surface area contributed by atoms with Gasteiger partial charge in [0.05, 0.1) is 0 Å². The van der Waals surface area contributed by atoms with Crippen molar-refractivity contribution in [3.8, 4) is 0 Å². The predicted molar refractivity (Wildman–Crippen MR) is 103 cm³/mol. The Labute approximate surface area is 153 Å². The Morgan fingerprint density at radius 3 is 2.77 bits per heavy atom. The van der Waals surface area contributed by atoms with Gasteiger partial charge >= 0.3 is 0 Å². The first-order valence-corrected chi connectivity index (χ1v) is 9.27. The third-order valence-electron chi connectivity index (χ3n) is 5.22. The highest BCUT2D eigenvalue weighted by Crippen LogP contribution is 2.20. The number of carbonyl (C=O) groups excluding carboxylic acids is 1. The summed E-state index contributed by atoms with van der Waals surface area (Å²) in [5, 5.41) is 1.27. The number of hydrogen-bond donors (Lipinski definition) is 1. The van der Waals surface area contributed by atoms with Crippen LogP contribution in [0, 0.1) is 0 Å². The number of benzene rings is 1. The molecular formula is C20H25N5O. The molecule has 3 aromatic rings. The molecule has 0 unspecified atom stereocenters. The van der Waals surface area contributed by atoms with Crippen LogP contribution in [0.5, 0.6) is 0 Å². The number of nitrogens with one attached hydrogen (secondary N) is 1. The number of imidazole rings is 1. The molecule has 136 valence electrons. The lowest BCUT2D eigenvalue weighted by molar-refractivity contribution is -0.131. The number of anilines is 1. The molecule has 0 spiro atoms. The molecule has 1 aromatic carbocycles. The number of para-hydroxylation sites is 1. The molecule has 0 radical (unpaired) electrons. The highest BCUT2D eigenvalue weighted by Gasteiger charge is 2.22. The molecule has 6 nitrogen and oxygen atoms in total. The van der Waals surface area contributed by atoms with Gasteiger partial charge in [-0.25, -0.2) is 4.98 Å². The van der Waals surface area contributed by atoms with Crippen molar-refractivity contribution in [1.82, 2.24) is 19.4 Å². The molecule has 1 fully saturated rings. The summed E-state index contributed by atoms with van der Waals surface area (Å²) in [5.41, 5.74) is 2.47. The van der Waals surface area contributed by atoms with Gasteiger partial charge in [0, 0.05) is 69.1 Å². The van der Waals surface area contributed by atoms with E-state index in [2.05, 4.69) is 39.3 Å². The van der Waals surface area contributed by atoms with E-state index in [-0.39, 0.29) is 5.91 Å². The molecule has 1 aliphatic heterocycles. The quantitative estimate of drug-likeness (QED) is 0.769. The molecule has 1 saturated heterocycles. The maximum Gasteiger partial charge on any atom is 0.222 e. The van der Waals surface area contributed by atoms with Crippen molar-refractivity contribution >= 4 is 22.8 Å². The number of rotatable bonds is 5. The summed E-state index contributed by atoms with van der Waals surface area (Å²) in [5.74, 6) is 1.25. The zero-order chi connectivity index (χ0) is 17.9. The average Bonchev–Trinajstić information content (AvgIpc) is 3.28.